The number of likely N-dealkylation sites (tertiary alicyclic amines) is 1. The van der Waals surface area contributed by atoms with Crippen LogP contribution in [0.5, 0.6) is 0 Å². The summed E-state index contributed by atoms with van der Waals surface area (Å²) < 4.78 is 1.38. The highest BCUT2D eigenvalue weighted by atomic mass is 16.4. The first-order valence-corrected chi connectivity index (χ1v) is 7.02. The largest absolute Gasteiger partial charge is 0.476 e. The maximum absolute atomic E-state index is 11.5. The van der Waals surface area contributed by atoms with Gasteiger partial charge in [-0.1, -0.05) is 5.21 Å². The number of hydrogen-bond acceptors (Lipinski definition) is 5. The van der Waals surface area contributed by atoms with Crippen LogP contribution in [0.15, 0.2) is 6.20 Å². The minimum absolute atomic E-state index is 0.106. The van der Waals surface area contributed by atoms with Crippen molar-refractivity contribution in [3.63, 3.8) is 0 Å². The summed E-state index contributed by atoms with van der Waals surface area (Å²) >= 11 is 0. The standard InChI is InChI=1S/C12H20N6O3/c19-11(20)10-9-18(16-15-10)8-4-14-12(21)13-3-7-17-5-1-2-6-17/h9H,1-8H2,(H,19,20)(H2,13,14,21). The van der Waals surface area contributed by atoms with Gasteiger partial charge in [0.25, 0.3) is 0 Å². The highest BCUT2D eigenvalue weighted by molar-refractivity contribution is 5.84. The summed E-state index contributed by atoms with van der Waals surface area (Å²) in [5.41, 5.74) is -0.106. The lowest BCUT2D eigenvalue weighted by Crippen LogP contribution is -2.40. The molecule has 0 unspecified atom stereocenters. The monoisotopic (exact) mass is 296 g/mol. The molecule has 1 fully saturated rings. The Balaban J connectivity index is 1.56. The Labute approximate surface area is 122 Å². The number of carbonyl (C=O) groups excluding carboxylic acids is 1. The van der Waals surface area contributed by atoms with E-state index in [1.807, 2.05) is 0 Å². The smallest absolute Gasteiger partial charge is 0.358 e. The Bertz CT molecular complexity index is 483. The Kier molecular flexibility index (Phi) is 5.50. The van der Waals surface area contributed by atoms with Gasteiger partial charge in [-0.05, 0) is 25.9 Å². The number of urea groups is 1. The minimum Gasteiger partial charge on any atom is -0.476 e. The summed E-state index contributed by atoms with van der Waals surface area (Å²) in [6.07, 6.45) is 3.81. The second kappa shape index (κ2) is 7.58. The third kappa shape index (κ3) is 5.03. The zero-order valence-electron chi connectivity index (χ0n) is 11.8. The average molecular weight is 296 g/mol. The summed E-state index contributed by atoms with van der Waals surface area (Å²) in [4.78, 5) is 24.5. The van der Waals surface area contributed by atoms with Crippen molar-refractivity contribution < 1.29 is 14.7 Å². The molecular weight excluding hydrogens is 276 g/mol. The predicted molar refractivity (Wildman–Crippen MR) is 74.1 cm³/mol. The normalized spacial score (nSPS) is 15.0. The molecule has 21 heavy (non-hydrogen) atoms. The van der Waals surface area contributed by atoms with E-state index in [2.05, 4.69) is 25.8 Å². The first-order chi connectivity index (χ1) is 10.1. The van der Waals surface area contributed by atoms with E-state index < -0.39 is 5.97 Å². The van der Waals surface area contributed by atoms with Gasteiger partial charge in [0.05, 0.1) is 12.7 Å². The number of hydrogen-bond donors (Lipinski definition) is 3. The van der Waals surface area contributed by atoms with Crippen LogP contribution in [0, 0.1) is 0 Å². The molecule has 1 aromatic heterocycles. The Morgan fingerprint density at radius 2 is 1.86 bits per heavy atom. The molecule has 1 aromatic rings. The predicted octanol–water partition coefficient (Wildman–Crippen LogP) is -0.629. The van der Waals surface area contributed by atoms with Gasteiger partial charge in [0.2, 0.25) is 0 Å². The summed E-state index contributed by atoms with van der Waals surface area (Å²) in [6, 6.07) is -0.229. The van der Waals surface area contributed by atoms with Gasteiger partial charge in [0.1, 0.15) is 0 Å². The maximum atomic E-state index is 11.5. The number of nitrogens with one attached hydrogen (secondary N) is 2. The van der Waals surface area contributed by atoms with Crippen LogP contribution >= 0.6 is 0 Å². The third-order valence-electron chi connectivity index (χ3n) is 3.30. The molecule has 3 N–H and O–H groups in total. The van der Waals surface area contributed by atoms with E-state index in [1.165, 1.54) is 23.7 Å². The zero-order chi connectivity index (χ0) is 15.1. The van der Waals surface area contributed by atoms with E-state index in [0.717, 1.165) is 19.6 Å². The number of aromatic carboxylic acids is 1. The average Bonchev–Trinajstić information content (AvgIpc) is 3.09. The molecule has 0 atom stereocenters. The summed E-state index contributed by atoms with van der Waals surface area (Å²) in [6.45, 7) is 4.46. The van der Waals surface area contributed by atoms with Crippen LogP contribution in [0.25, 0.3) is 0 Å². The minimum atomic E-state index is -1.12. The van der Waals surface area contributed by atoms with Crippen molar-refractivity contribution in [3.05, 3.63) is 11.9 Å². The SMILES string of the molecule is O=C(NCCN1CCCC1)NCCn1cc(C(=O)O)nn1. The maximum Gasteiger partial charge on any atom is 0.358 e. The van der Waals surface area contributed by atoms with Crippen LogP contribution < -0.4 is 10.6 Å². The molecule has 1 aliphatic heterocycles. The molecule has 0 aromatic carbocycles. The van der Waals surface area contributed by atoms with Crippen molar-refractivity contribution in [1.29, 1.82) is 0 Å². The molecule has 0 spiro atoms. The molecule has 1 aliphatic rings. The highest BCUT2D eigenvalue weighted by Crippen LogP contribution is 2.05. The topological polar surface area (TPSA) is 112 Å². The van der Waals surface area contributed by atoms with Crippen LogP contribution in [-0.2, 0) is 6.54 Å². The van der Waals surface area contributed by atoms with Crippen molar-refractivity contribution in [2.75, 3.05) is 32.7 Å². The summed E-state index contributed by atoms with van der Waals surface area (Å²) in [7, 11) is 0. The van der Waals surface area contributed by atoms with Crippen molar-refractivity contribution in [2.24, 2.45) is 0 Å². The lowest BCUT2D eigenvalue weighted by Gasteiger charge is -2.14. The Morgan fingerprint density at radius 1 is 1.19 bits per heavy atom. The van der Waals surface area contributed by atoms with Crippen molar-refractivity contribution in [1.82, 2.24) is 30.5 Å². The summed E-state index contributed by atoms with van der Waals surface area (Å²) in [5, 5.41) is 21.3. The van der Waals surface area contributed by atoms with E-state index in [4.69, 9.17) is 5.11 Å². The molecule has 2 amide bonds. The third-order valence-corrected chi connectivity index (χ3v) is 3.30. The molecule has 2 heterocycles. The van der Waals surface area contributed by atoms with Gasteiger partial charge in [-0.25, -0.2) is 14.3 Å². The van der Waals surface area contributed by atoms with Gasteiger partial charge in [-0.3, -0.25) is 0 Å². The quantitative estimate of drug-likeness (QED) is 0.617. The van der Waals surface area contributed by atoms with Crippen LogP contribution in [0.2, 0.25) is 0 Å². The van der Waals surface area contributed by atoms with Gasteiger partial charge in [0, 0.05) is 19.6 Å². The van der Waals surface area contributed by atoms with Crippen molar-refractivity contribution in [3.8, 4) is 0 Å². The fourth-order valence-corrected chi connectivity index (χ4v) is 2.19. The molecule has 1 saturated heterocycles. The fraction of sp³-hybridized carbons (Fsp3) is 0.667. The summed E-state index contributed by atoms with van der Waals surface area (Å²) in [5.74, 6) is -1.12. The van der Waals surface area contributed by atoms with Gasteiger partial charge in [-0.2, -0.15) is 0 Å². The van der Waals surface area contributed by atoms with Crippen LogP contribution in [0.4, 0.5) is 4.79 Å². The van der Waals surface area contributed by atoms with Gasteiger partial charge < -0.3 is 20.6 Å². The first-order valence-electron chi connectivity index (χ1n) is 7.02. The number of nitrogens with zero attached hydrogens (tertiary/aromatic N) is 4. The lowest BCUT2D eigenvalue weighted by molar-refractivity contribution is 0.0690. The molecule has 2 rings (SSSR count). The Hall–Kier alpha value is -2.16. The van der Waals surface area contributed by atoms with Crippen LogP contribution in [0.1, 0.15) is 23.3 Å². The highest BCUT2D eigenvalue weighted by Gasteiger charge is 2.11. The molecule has 0 radical (unpaired) electrons. The number of carbonyl (C=O) groups is 2. The van der Waals surface area contributed by atoms with Crippen molar-refractivity contribution >= 4 is 12.0 Å². The molecule has 9 heteroatoms. The van der Waals surface area contributed by atoms with E-state index in [0.29, 0.717) is 19.6 Å². The number of amides is 2. The number of aromatic nitrogens is 3. The van der Waals surface area contributed by atoms with Gasteiger partial charge >= 0.3 is 12.0 Å². The van der Waals surface area contributed by atoms with Crippen LogP contribution in [0.3, 0.4) is 0 Å². The molecule has 0 bridgehead atoms. The fourth-order valence-electron chi connectivity index (χ4n) is 2.19. The van der Waals surface area contributed by atoms with Crippen LogP contribution in [-0.4, -0.2) is 69.7 Å². The molecule has 0 aliphatic carbocycles. The second-order valence-electron chi connectivity index (χ2n) is 4.90. The molecular formula is C12H20N6O3. The number of rotatable bonds is 7. The van der Waals surface area contributed by atoms with E-state index in [-0.39, 0.29) is 11.7 Å². The van der Waals surface area contributed by atoms with Crippen molar-refractivity contribution in [2.45, 2.75) is 19.4 Å². The van der Waals surface area contributed by atoms with E-state index in [9.17, 15) is 9.59 Å². The second-order valence-corrected chi connectivity index (χ2v) is 4.90. The van der Waals surface area contributed by atoms with E-state index >= 15 is 0 Å². The van der Waals surface area contributed by atoms with Gasteiger partial charge in [0.15, 0.2) is 5.69 Å². The zero-order valence-corrected chi connectivity index (χ0v) is 11.8. The first kappa shape index (κ1) is 15.2. The number of carboxylic acid groups (broad SMARTS) is 1. The number of carboxylic acids is 1. The molecule has 0 saturated carbocycles. The molecule has 116 valence electrons. The lowest BCUT2D eigenvalue weighted by atomic mass is 10.4. The molecule has 9 nitrogen and oxygen atoms in total. The Morgan fingerprint density at radius 3 is 2.48 bits per heavy atom. The van der Waals surface area contributed by atoms with E-state index in [1.54, 1.807) is 0 Å². The van der Waals surface area contributed by atoms with Gasteiger partial charge in [-0.15, -0.1) is 5.10 Å².